The molecule has 1 saturated heterocycles. The maximum Gasteiger partial charge on any atom is 0.490 e. The predicted molar refractivity (Wildman–Crippen MR) is 108 cm³/mol. The molecule has 1 aromatic heterocycles. The fourth-order valence-electron chi connectivity index (χ4n) is 3.09. The first-order chi connectivity index (χ1) is 14.5. The summed E-state index contributed by atoms with van der Waals surface area (Å²) in [5.74, 6) is -3.83. The Labute approximate surface area is 179 Å². The number of aromatic amines is 1. The van der Waals surface area contributed by atoms with Gasteiger partial charge < -0.3 is 19.7 Å². The monoisotopic (exact) mass is 484 g/mol. The molecule has 1 aromatic rings. The van der Waals surface area contributed by atoms with Crippen LogP contribution in [0.2, 0.25) is 0 Å². The van der Waals surface area contributed by atoms with Crippen LogP contribution < -0.4 is 11.2 Å². The zero-order valence-electron chi connectivity index (χ0n) is 17.5. The molecule has 0 aromatic carbocycles. The quantitative estimate of drug-likeness (QED) is 0.362. The van der Waals surface area contributed by atoms with Crippen LogP contribution in [0.15, 0.2) is 15.8 Å². The molecule has 0 spiro atoms. The van der Waals surface area contributed by atoms with Crippen LogP contribution in [0, 0.1) is 0 Å². The number of Topliss-reactive ketones (excluding diaryl/α,β-unsaturated/α-hetero) is 1. The third-order valence-corrected chi connectivity index (χ3v) is 6.20. The number of aliphatic hydroxyl groups is 2. The topological polar surface area (TPSA) is 148 Å². The number of H-pyrrole nitrogens is 1. The highest BCUT2D eigenvalue weighted by molar-refractivity contribution is 7.72. The smallest absolute Gasteiger partial charge is 0.442 e. The van der Waals surface area contributed by atoms with Crippen molar-refractivity contribution < 1.29 is 42.4 Å². The molecule has 0 bridgehead atoms. The van der Waals surface area contributed by atoms with E-state index >= 15 is 0 Å². The number of carbonyl (C=O) groups excluding carboxylic acids is 2. The highest BCUT2D eigenvalue weighted by Crippen LogP contribution is 2.39. The number of ether oxygens (including phenoxy) is 2. The lowest BCUT2D eigenvalue weighted by molar-refractivity contribution is -0.205. The molecule has 1 aliphatic heterocycles. The molecule has 0 aliphatic carbocycles. The summed E-state index contributed by atoms with van der Waals surface area (Å²) in [5.41, 5.74) is -3.17. The van der Waals surface area contributed by atoms with Gasteiger partial charge in [-0.3, -0.25) is 19.1 Å². The van der Waals surface area contributed by atoms with Gasteiger partial charge in [0.15, 0.2) is 18.1 Å². The molecule has 1 fully saturated rings. The second-order valence-electron chi connectivity index (χ2n) is 8.14. The maximum absolute atomic E-state index is 12.6. The van der Waals surface area contributed by atoms with E-state index in [2.05, 4.69) is 11.0 Å². The zero-order chi connectivity index (χ0) is 24.6. The van der Waals surface area contributed by atoms with E-state index in [-0.39, 0.29) is 0 Å². The van der Waals surface area contributed by atoms with Gasteiger partial charge in [-0.1, -0.05) is 0 Å². The lowest BCUT2D eigenvalue weighted by atomic mass is 10.1. The Kier molecular flexibility index (Phi) is 7.60. The number of esters is 1. The number of carbonyl (C=O) groups is 2. The molecule has 2 heterocycles. The minimum absolute atomic E-state index is 0.309. The Bertz CT molecular complexity index is 1040. The van der Waals surface area contributed by atoms with Gasteiger partial charge >= 0.3 is 17.8 Å². The number of halogens is 3. The van der Waals surface area contributed by atoms with Crippen molar-refractivity contribution >= 4 is 24.9 Å². The van der Waals surface area contributed by atoms with Crippen molar-refractivity contribution in [1.82, 2.24) is 9.55 Å². The van der Waals surface area contributed by atoms with E-state index in [0.717, 1.165) is 6.92 Å². The van der Waals surface area contributed by atoms with Crippen LogP contribution >= 0.6 is 6.89 Å². The molecule has 2 rings (SSSR count). The van der Waals surface area contributed by atoms with Gasteiger partial charge in [-0.25, -0.2) is 9.59 Å². The van der Waals surface area contributed by atoms with Gasteiger partial charge in [0.1, 0.15) is 12.2 Å². The summed E-state index contributed by atoms with van der Waals surface area (Å²) in [7, 11) is 0. The molecule has 0 amide bonds. The van der Waals surface area contributed by atoms with Gasteiger partial charge in [-0.2, -0.15) is 13.2 Å². The van der Waals surface area contributed by atoms with E-state index in [1.165, 1.54) is 0 Å². The van der Waals surface area contributed by atoms with Gasteiger partial charge in [0.25, 0.3) is 5.56 Å². The molecule has 1 aliphatic rings. The van der Waals surface area contributed by atoms with Gasteiger partial charge in [0.2, 0.25) is 0 Å². The van der Waals surface area contributed by atoms with Crippen LogP contribution in [-0.2, 0) is 19.1 Å². The number of nitrogens with one attached hydrogen (secondary N) is 1. The Hall–Kier alpha value is -2.21. The first kappa shape index (κ1) is 26.0. The molecule has 10 nitrogen and oxygen atoms in total. The molecule has 0 saturated carbocycles. The molecule has 0 radical (unpaired) electrons. The lowest BCUT2D eigenvalue weighted by Crippen LogP contribution is -2.40. The Morgan fingerprint density at radius 3 is 2.41 bits per heavy atom. The summed E-state index contributed by atoms with van der Waals surface area (Å²) in [6.07, 6.45) is -7.53. The number of hydrogen-bond acceptors (Lipinski definition) is 8. The number of nitrogens with zero attached hydrogens (tertiary/aromatic N) is 1. The first-order valence-corrected chi connectivity index (χ1v) is 12.4. The van der Waals surface area contributed by atoms with Gasteiger partial charge in [0, 0.05) is 6.20 Å². The Morgan fingerprint density at radius 2 is 1.91 bits per heavy atom. The average molecular weight is 484 g/mol. The van der Waals surface area contributed by atoms with Crippen LogP contribution in [0.5, 0.6) is 0 Å². The largest absolute Gasteiger partial charge is 0.490 e. The summed E-state index contributed by atoms with van der Waals surface area (Å²) in [6.45, 7) is 3.19. The van der Waals surface area contributed by atoms with Crippen molar-refractivity contribution in [3.8, 4) is 0 Å². The van der Waals surface area contributed by atoms with Crippen LogP contribution in [0.4, 0.5) is 13.2 Å². The summed E-state index contributed by atoms with van der Waals surface area (Å²) in [4.78, 5) is 49.2. The summed E-state index contributed by atoms with van der Waals surface area (Å²) in [5, 5.41) is 20.6. The van der Waals surface area contributed by atoms with E-state index in [4.69, 9.17) is 4.74 Å². The Morgan fingerprint density at radius 1 is 1.31 bits per heavy atom. The lowest BCUT2D eigenvalue weighted by Gasteiger charge is -2.21. The second-order valence-corrected chi connectivity index (χ2v) is 12.5. The minimum atomic E-state index is -5.43. The Balaban J connectivity index is 2.42. The maximum atomic E-state index is 12.6. The number of aliphatic hydroxyl groups excluding tert-OH is 2. The van der Waals surface area contributed by atoms with E-state index in [1.807, 2.05) is 13.3 Å². The van der Waals surface area contributed by atoms with Crippen LogP contribution in [-0.4, -0.2) is 81.8 Å². The van der Waals surface area contributed by atoms with Crippen LogP contribution in [0.25, 0.3) is 0 Å². The number of aromatic nitrogens is 2. The zero-order valence-corrected chi connectivity index (χ0v) is 18.4. The first-order valence-electron chi connectivity index (χ1n) is 9.35. The van der Waals surface area contributed by atoms with Crippen molar-refractivity contribution in [3.63, 3.8) is 0 Å². The molecular weight excluding hydrogens is 460 g/mol. The standard InChI is InChI=1S/C18H24F3N2O8P/c1-8(24)13(31-16(28)18(19,20)21)9-7-23(17(29)22-14(9)27)15-12(26)11(25)10(30-15)5-6-32(2,3)4/h7,10-13,15,25-26H,2,5-6H2,1,3-4H3,(H,22,27,29)/t10-,11-,12-,13?,15-/m1/s1. The molecule has 32 heavy (non-hydrogen) atoms. The van der Waals surface area contributed by atoms with Gasteiger partial charge in [-0.15, -0.1) is 13.2 Å². The summed E-state index contributed by atoms with van der Waals surface area (Å²) >= 11 is 0. The van der Waals surface area contributed by atoms with Crippen molar-refractivity contribution in [3.05, 3.63) is 32.6 Å². The minimum Gasteiger partial charge on any atom is -0.442 e. The average Bonchev–Trinajstić information content (AvgIpc) is 2.91. The van der Waals surface area contributed by atoms with Crippen molar-refractivity contribution in [2.45, 2.75) is 50.2 Å². The van der Waals surface area contributed by atoms with Crippen LogP contribution in [0.1, 0.15) is 31.2 Å². The number of rotatable bonds is 7. The fraction of sp³-hybridized carbons (Fsp3) is 0.611. The molecule has 5 atom stereocenters. The van der Waals surface area contributed by atoms with E-state index < -0.39 is 72.3 Å². The van der Waals surface area contributed by atoms with Gasteiger partial charge in [-0.05, 0) is 32.8 Å². The highest BCUT2D eigenvalue weighted by atomic mass is 31.2. The third-order valence-electron chi connectivity index (χ3n) is 4.73. The number of hydrogen-bond donors (Lipinski definition) is 3. The number of alkyl halides is 3. The third kappa shape index (κ3) is 5.97. The van der Waals surface area contributed by atoms with E-state index in [9.17, 15) is 42.6 Å². The summed E-state index contributed by atoms with van der Waals surface area (Å²) < 4.78 is 48.0. The SMILES string of the molecule is C=P(C)(C)CC[C@H]1O[C@@H](n2cc(C(OC(=O)C(F)(F)F)C(C)=O)c(=O)[nH]c2=O)[C@H](O)[C@@H]1O. The summed E-state index contributed by atoms with van der Waals surface area (Å²) in [6, 6.07) is 0. The molecule has 1 unspecified atom stereocenters. The van der Waals surface area contributed by atoms with Gasteiger partial charge in [0.05, 0.1) is 11.7 Å². The van der Waals surface area contributed by atoms with Crippen LogP contribution in [0.3, 0.4) is 0 Å². The van der Waals surface area contributed by atoms with Crippen molar-refractivity contribution in [2.75, 3.05) is 19.5 Å². The normalized spacial score (nSPS) is 24.9. The highest BCUT2D eigenvalue weighted by Gasteiger charge is 2.46. The van der Waals surface area contributed by atoms with E-state index in [0.29, 0.717) is 23.3 Å². The molecular formula is C18H24F3N2O8P. The van der Waals surface area contributed by atoms with Crippen molar-refractivity contribution in [1.29, 1.82) is 0 Å². The number of ketones is 1. The predicted octanol–water partition coefficient (Wildman–Crippen LogP) is -0.00930. The molecule has 180 valence electrons. The van der Waals surface area contributed by atoms with E-state index in [1.54, 1.807) is 4.98 Å². The second kappa shape index (κ2) is 9.34. The molecule has 3 N–H and O–H groups in total. The fourth-order valence-corrected chi connectivity index (χ4v) is 4.04. The molecule has 14 heteroatoms. The van der Waals surface area contributed by atoms with Crippen molar-refractivity contribution in [2.24, 2.45) is 0 Å².